The summed E-state index contributed by atoms with van der Waals surface area (Å²) in [4.78, 5) is 16.2. The third-order valence-electron chi connectivity index (χ3n) is 3.96. The van der Waals surface area contributed by atoms with Gasteiger partial charge in [0.2, 0.25) is 5.91 Å². The molecule has 0 aliphatic heterocycles. The van der Waals surface area contributed by atoms with Gasteiger partial charge in [-0.3, -0.25) is 14.3 Å². The van der Waals surface area contributed by atoms with Crippen LogP contribution in [0, 0.1) is 0 Å². The van der Waals surface area contributed by atoms with Crippen molar-refractivity contribution in [3.05, 3.63) is 24.5 Å². The maximum absolute atomic E-state index is 12.1. The molecule has 1 fully saturated rings. The van der Waals surface area contributed by atoms with Gasteiger partial charge in [0.05, 0.1) is 5.75 Å². The number of thioether (sulfide) groups is 1. The Balaban J connectivity index is 1.68. The summed E-state index contributed by atoms with van der Waals surface area (Å²) in [5.74, 6) is 1.26. The lowest BCUT2D eigenvalue weighted by Gasteiger charge is -2.12. The van der Waals surface area contributed by atoms with Crippen LogP contribution in [0.15, 0.2) is 29.7 Å². The summed E-state index contributed by atoms with van der Waals surface area (Å²) < 4.78 is 2.16. The monoisotopic (exact) mass is 345 g/mol. The van der Waals surface area contributed by atoms with Crippen molar-refractivity contribution in [2.45, 2.75) is 56.8 Å². The normalized spacial score (nSPS) is 15.2. The highest BCUT2D eigenvalue weighted by atomic mass is 32.2. The Morgan fingerprint density at radius 1 is 1.46 bits per heavy atom. The summed E-state index contributed by atoms with van der Waals surface area (Å²) in [6.07, 6.45) is 7.89. The number of hydrogen-bond donors (Lipinski definition) is 1. The molecule has 1 aliphatic rings. The molecule has 0 spiro atoms. The zero-order valence-corrected chi connectivity index (χ0v) is 14.9. The Labute approximate surface area is 146 Å². The zero-order valence-electron chi connectivity index (χ0n) is 14.1. The van der Waals surface area contributed by atoms with Crippen molar-refractivity contribution in [3.8, 4) is 11.4 Å². The molecule has 2 heterocycles. The van der Waals surface area contributed by atoms with Crippen LogP contribution in [0.5, 0.6) is 0 Å². The second-order valence-corrected chi connectivity index (χ2v) is 7.14. The molecule has 1 saturated carbocycles. The van der Waals surface area contributed by atoms with Crippen LogP contribution in [0.3, 0.4) is 0 Å². The number of aromatic nitrogens is 4. The smallest absolute Gasteiger partial charge is 0.230 e. The fourth-order valence-corrected chi connectivity index (χ4v) is 3.50. The maximum atomic E-state index is 12.1. The van der Waals surface area contributed by atoms with Gasteiger partial charge in [-0.1, -0.05) is 25.1 Å². The summed E-state index contributed by atoms with van der Waals surface area (Å²) in [6.45, 7) is 4.16. The summed E-state index contributed by atoms with van der Waals surface area (Å²) >= 11 is 1.46. The van der Waals surface area contributed by atoms with Crippen molar-refractivity contribution in [2.75, 3.05) is 5.75 Å². The largest absolute Gasteiger partial charge is 0.353 e. The third-order valence-corrected chi connectivity index (χ3v) is 4.90. The number of carbonyl (C=O) groups excluding carboxylic acids is 1. The lowest BCUT2D eigenvalue weighted by atomic mass is 10.2. The van der Waals surface area contributed by atoms with E-state index in [9.17, 15) is 4.79 Å². The van der Waals surface area contributed by atoms with Crippen LogP contribution in [0.1, 0.15) is 45.6 Å². The molecule has 0 saturated heterocycles. The minimum atomic E-state index is 0.0502. The summed E-state index contributed by atoms with van der Waals surface area (Å²) in [6, 6.07) is 4.55. The van der Waals surface area contributed by atoms with Crippen LogP contribution in [0.25, 0.3) is 11.4 Å². The predicted octanol–water partition coefficient (Wildman–Crippen LogP) is 3.07. The summed E-state index contributed by atoms with van der Waals surface area (Å²) in [5, 5.41) is 12.5. The second-order valence-electron chi connectivity index (χ2n) is 6.19. The Hall–Kier alpha value is -1.89. The Bertz CT molecular complexity index is 684. The van der Waals surface area contributed by atoms with E-state index in [2.05, 4.69) is 32.0 Å². The first-order valence-corrected chi connectivity index (χ1v) is 9.45. The van der Waals surface area contributed by atoms with E-state index in [-0.39, 0.29) is 11.9 Å². The van der Waals surface area contributed by atoms with Crippen LogP contribution in [0.4, 0.5) is 0 Å². The Morgan fingerprint density at radius 2 is 2.29 bits per heavy atom. The lowest BCUT2D eigenvalue weighted by Crippen LogP contribution is -2.33. The summed E-state index contributed by atoms with van der Waals surface area (Å²) in [5.41, 5.74) is 0.963. The average molecular weight is 345 g/mol. The van der Waals surface area contributed by atoms with Crippen molar-refractivity contribution >= 4 is 17.7 Å². The van der Waals surface area contributed by atoms with Crippen molar-refractivity contribution in [2.24, 2.45) is 0 Å². The van der Waals surface area contributed by atoms with Gasteiger partial charge >= 0.3 is 0 Å². The van der Waals surface area contributed by atoms with Crippen LogP contribution in [-0.4, -0.2) is 37.5 Å². The molecule has 0 radical (unpaired) electrons. The SMILES string of the molecule is CCCC(C)NC(=O)CSc1nnc(-c2cccnc2)n1C1CC1. The van der Waals surface area contributed by atoms with Gasteiger partial charge in [-0.2, -0.15) is 0 Å². The standard InChI is InChI=1S/C17H23N5OS/c1-3-5-12(2)19-15(23)11-24-17-21-20-16(22(17)14-7-8-14)13-6-4-9-18-10-13/h4,6,9-10,12,14H,3,5,7-8,11H2,1-2H3,(H,19,23). The molecular weight excluding hydrogens is 322 g/mol. The highest BCUT2D eigenvalue weighted by Gasteiger charge is 2.30. The Kier molecular flexibility index (Phi) is 5.50. The number of amides is 1. The van der Waals surface area contributed by atoms with E-state index in [0.717, 1.165) is 42.2 Å². The van der Waals surface area contributed by atoms with Crippen LogP contribution < -0.4 is 5.32 Å². The van der Waals surface area contributed by atoms with E-state index in [1.807, 2.05) is 19.1 Å². The van der Waals surface area contributed by atoms with E-state index in [0.29, 0.717) is 11.8 Å². The molecule has 1 unspecified atom stereocenters. The van der Waals surface area contributed by atoms with E-state index in [1.54, 1.807) is 12.4 Å². The number of rotatable bonds is 8. The average Bonchev–Trinajstić information content (AvgIpc) is 3.33. The van der Waals surface area contributed by atoms with E-state index >= 15 is 0 Å². The number of nitrogens with zero attached hydrogens (tertiary/aromatic N) is 4. The van der Waals surface area contributed by atoms with Crippen LogP contribution in [0.2, 0.25) is 0 Å². The molecule has 2 aromatic heterocycles. The highest BCUT2D eigenvalue weighted by Crippen LogP contribution is 2.40. The first-order valence-electron chi connectivity index (χ1n) is 8.46. The van der Waals surface area contributed by atoms with Gasteiger partial charge in [-0.15, -0.1) is 10.2 Å². The molecule has 7 heteroatoms. The van der Waals surface area contributed by atoms with Crippen LogP contribution >= 0.6 is 11.8 Å². The molecule has 1 N–H and O–H groups in total. The quantitative estimate of drug-likeness (QED) is 0.744. The first-order chi connectivity index (χ1) is 11.7. The molecule has 0 aromatic carbocycles. The molecular formula is C17H23N5OS. The Morgan fingerprint density at radius 3 is 2.96 bits per heavy atom. The van der Waals surface area contributed by atoms with Gasteiger partial charge in [0, 0.05) is 30.0 Å². The fraction of sp³-hybridized carbons (Fsp3) is 0.529. The van der Waals surface area contributed by atoms with Crippen LogP contribution in [-0.2, 0) is 4.79 Å². The van der Waals surface area contributed by atoms with Crippen molar-refractivity contribution in [1.29, 1.82) is 0 Å². The van der Waals surface area contributed by atoms with Gasteiger partial charge < -0.3 is 5.32 Å². The van der Waals surface area contributed by atoms with Gasteiger partial charge in [-0.05, 0) is 38.3 Å². The van der Waals surface area contributed by atoms with Gasteiger partial charge in [0.25, 0.3) is 0 Å². The molecule has 0 bridgehead atoms. The molecule has 1 aliphatic carbocycles. The topological polar surface area (TPSA) is 72.7 Å². The molecule has 3 rings (SSSR count). The molecule has 1 atom stereocenters. The summed E-state index contributed by atoms with van der Waals surface area (Å²) in [7, 11) is 0. The van der Waals surface area contributed by atoms with Gasteiger partial charge in [0.15, 0.2) is 11.0 Å². The number of hydrogen-bond acceptors (Lipinski definition) is 5. The minimum Gasteiger partial charge on any atom is -0.353 e. The zero-order chi connectivity index (χ0) is 16.9. The minimum absolute atomic E-state index is 0.0502. The third kappa shape index (κ3) is 4.14. The van der Waals surface area contributed by atoms with Crippen molar-refractivity contribution in [3.63, 3.8) is 0 Å². The van der Waals surface area contributed by atoms with E-state index < -0.39 is 0 Å². The van der Waals surface area contributed by atoms with Gasteiger partial charge in [0.1, 0.15) is 0 Å². The predicted molar refractivity (Wildman–Crippen MR) is 94.8 cm³/mol. The second kappa shape index (κ2) is 7.79. The number of carbonyl (C=O) groups is 1. The highest BCUT2D eigenvalue weighted by molar-refractivity contribution is 7.99. The maximum Gasteiger partial charge on any atom is 0.230 e. The lowest BCUT2D eigenvalue weighted by molar-refractivity contribution is -0.119. The van der Waals surface area contributed by atoms with Gasteiger partial charge in [-0.25, -0.2) is 0 Å². The van der Waals surface area contributed by atoms with E-state index in [1.165, 1.54) is 11.8 Å². The van der Waals surface area contributed by atoms with E-state index in [4.69, 9.17) is 0 Å². The molecule has 2 aromatic rings. The number of pyridine rings is 1. The fourth-order valence-electron chi connectivity index (χ4n) is 2.68. The number of nitrogens with one attached hydrogen (secondary N) is 1. The molecule has 128 valence electrons. The van der Waals surface area contributed by atoms with Crippen molar-refractivity contribution in [1.82, 2.24) is 25.1 Å². The molecule has 6 nitrogen and oxygen atoms in total. The first kappa shape index (κ1) is 17.0. The molecule has 24 heavy (non-hydrogen) atoms. The van der Waals surface area contributed by atoms with Crippen molar-refractivity contribution < 1.29 is 4.79 Å². The molecule has 1 amide bonds.